The lowest BCUT2D eigenvalue weighted by Crippen LogP contribution is -2.49. The van der Waals surface area contributed by atoms with Gasteiger partial charge in [0.15, 0.2) is 0 Å². The summed E-state index contributed by atoms with van der Waals surface area (Å²) in [6, 6.07) is 5.26. The van der Waals surface area contributed by atoms with E-state index in [1.165, 1.54) is 11.8 Å². The summed E-state index contributed by atoms with van der Waals surface area (Å²) in [5, 5.41) is 13.5. The number of aliphatic carboxylic acids is 1. The number of carboxylic acids is 1. The Morgan fingerprint density at radius 2 is 2.16 bits per heavy atom. The van der Waals surface area contributed by atoms with Crippen LogP contribution < -0.4 is 5.32 Å². The summed E-state index contributed by atoms with van der Waals surface area (Å²) in [5.41, 5.74) is -0.910. The molecule has 0 fully saturated rings. The van der Waals surface area contributed by atoms with Crippen molar-refractivity contribution in [1.82, 2.24) is 5.32 Å². The maximum Gasteiger partial charge on any atom is 0.323 e. The first-order valence-corrected chi connectivity index (χ1v) is 7.69. The SMILES string of the molecule is CCNC(C)(CCSc1cc(Cl)ccc1Cl)C(=O)O. The normalized spacial score (nSPS) is 14.1. The van der Waals surface area contributed by atoms with Crippen LogP contribution >= 0.6 is 35.0 Å². The van der Waals surface area contributed by atoms with E-state index < -0.39 is 11.5 Å². The molecule has 0 aliphatic heterocycles. The molecular weight excluding hydrogens is 305 g/mol. The molecule has 1 aromatic carbocycles. The number of thioether (sulfide) groups is 1. The lowest BCUT2D eigenvalue weighted by molar-refractivity contribution is -0.144. The van der Waals surface area contributed by atoms with Gasteiger partial charge in [0, 0.05) is 15.7 Å². The largest absolute Gasteiger partial charge is 0.480 e. The Morgan fingerprint density at radius 1 is 1.47 bits per heavy atom. The van der Waals surface area contributed by atoms with Crippen LogP contribution in [-0.4, -0.2) is 28.9 Å². The lowest BCUT2D eigenvalue weighted by atomic mass is 9.99. The van der Waals surface area contributed by atoms with Crippen molar-refractivity contribution in [1.29, 1.82) is 0 Å². The molecule has 106 valence electrons. The van der Waals surface area contributed by atoms with Gasteiger partial charge in [-0.15, -0.1) is 11.8 Å². The number of carboxylic acid groups (broad SMARTS) is 1. The molecule has 2 N–H and O–H groups in total. The number of rotatable bonds is 7. The highest BCUT2D eigenvalue weighted by Crippen LogP contribution is 2.31. The number of benzene rings is 1. The van der Waals surface area contributed by atoms with Crippen LogP contribution in [0.3, 0.4) is 0 Å². The summed E-state index contributed by atoms with van der Waals surface area (Å²) in [7, 11) is 0. The molecule has 0 radical (unpaired) electrons. The van der Waals surface area contributed by atoms with Crippen LogP contribution in [0.15, 0.2) is 23.1 Å². The Morgan fingerprint density at radius 3 is 2.74 bits per heavy atom. The van der Waals surface area contributed by atoms with Crippen molar-refractivity contribution in [2.75, 3.05) is 12.3 Å². The van der Waals surface area contributed by atoms with Gasteiger partial charge in [-0.25, -0.2) is 0 Å². The smallest absolute Gasteiger partial charge is 0.323 e. The van der Waals surface area contributed by atoms with Crippen molar-refractivity contribution < 1.29 is 9.90 Å². The first-order chi connectivity index (χ1) is 8.89. The topological polar surface area (TPSA) is 49.3 Å². The molecule has 0 aliphatic rings. The molecule has 19 heavy (non-hydrogen) atoms. The van der Waals surface area contributed by atoms with E-state index in [2.05, 4.69) is 5.32 Å². The van der Waals surface area contributed by atoms with E-state index >= 15 is 0 Å². The molecule has 0 aliphatic carbocycles. The van der Waals surface area contributed by atoms with E-state index in [9.17, 15) is 9.90 Å². The van der Waals surface area contributed by atoms with Crippen LogP contribution in [0.2, 0.25) is 10.0 Å². The third-order valence-corrected chi connectivity index (χ3v) is 4.53. The molecule has 1 unspecified atom stereocenters. The molecule has 0 saturated carbocycles. The zero-order valence-electron chi connectivity index (χ0n) is 10.9. The van der Waals surface area contributed by atoms with Crippen LogP contribution in [0.1, 0.15) is 20.3 Å². The third-order valence-electron chi connectivity index (χ3n) is 2.79. The zero-order chi connectivity index (χ0) is 14.5. The van der Waals surface area contributed by atoms with Crippen LogP contribution in [0.4, 0.5) is 0 Å². The van der Waals surface area contributed by atoms with Crippen LogP contribution in [0, 0.1) is 0 Å². The highest BCUT2D eigenvalue weighted by Gasteiger charge is 2.31. The Balaban J connectivity index is 2.62. The van der Waals surface area contributed by atoms with Crippen molar-refractivity contribution in [3.05, 3.63) is 28.2 Å². The maximum absolute atomic E-state index is 11.3. The average Bonchev–Trinajstić information content (AvgIpc) is 2.33. The molecule has 6 heteroatoms. The van der Waals surface area contributed by atoms with Gasteiger partial charge >= 0.3 is 5.97 Å². The number of carbonyl (C=O) groups is 1. The molecule has 1 aromatic rings. The second-order valence-electron chi connectivity index (χ2n) is 4.34. The molecule has 0 bridgehead atoms. The maximum atomic E-state index is 11.3. The van der Waals surface area contributed by atoms with E-state index in [1.54, 1.807) is 25.1 Å². The number of likely N-dealkylation sites (N-methyl/N-ethyl adjacent to an activating group) is 1. The van der Waals surface area contributed by atoms with Gasteiger partial charge in [0.2, 0.25) is 0 Å². The van der Waals surface area contributed by atoms with Crippen LogP contribution in [0.25, 0.3) is 0 Å². The molecule has 3 nitrogen and oxygen atoms in total. The summed E-state index contributed by atoms with van der Waals surface area (Å²) in [5.74, 6) is -0.192. The highest BCUT2D eigenvalue weighted by molar-refractivity contribution is 7.99. The van der Waals surface area contributed by atoms with Gasteiger partial charge in [-0.1, -0.05) is 30.1 Å². The molecule has 0 aromatic heterocycles. The lowest BCUT2D eigenvalue weighted by Gasteiger charge is -2.25. The van der Waals surface area contributed by atoms with Crippen LogP contribution in [-0.2, 0) is 4.79 Å². The molecule has 0 amide bonds. The number of hydrogen-bond donors (Lipinski definition) is 2. The fourth-order valence-electron chi connectivity index (χ4n) is 1.61. The van der Waals surface area contributed by atoms with Crippen molar-refractivity contribution in [3.8, 4) is 0 Å². The van der Waals surface area contributed by atoms with E-state index in [-0.39, 0.29) is 0 Å². The predicted octanol–water partition coefficient (Wildman–Crippen LogP) is 3.93. The molecule has 0 spiro atoms. The molecule has 0 heterocycles. The van der Waals surface area contributed by atoms with Crippen molar-refractivity contribution >= 4 is 40.9 Å². The molecule has 1 rings (SSSR count). The Labute approximate surface area is 127 Å². The van der Waals surface area contributed by atoms with E-state index in [0.29, 0.717) is 28.8 Å². The number of halogens is 2. The minimum Gasteiger partial charge on any atom is -0.480 e. The molecule has 0 saturated heterocycles. The Bertz CT molecular complexity index is 456. The summed E-state index contributed by atoms with van der Waals surface area (Å²) < 4.78 is 0. The quantitative estimate of drug-likeness (QED) is 0.747. The standard InChI is InChI=1S/C13H17Cl2NO2S/c1-3-16-13(2,12(17)18)6-7-19-11-8-9(14)4-5-10(11)15/h4-5,8,16H,3,6-7H2,1-2H3,(H,17,18). The van der Waals surface area contributed by atoms with Gasteiger partial charge in [0.05, 0.1) is 5.02 Å². The summed E-state index contributed by atoms with van der Waals surface area (Å²) in [6.45, 7) is 4.20. The monoisotopic (exact) mass is 321 g/mol. The third kappa shape index (κ3) is 4.88. The average molecular weight is 322 g/mol. The minimum absolute atomic E-state index is 0.504. The summed E-state index contributed by atoms with van der Waals surface area (Å²) in [6.07, 6.45) is 0.504. The first kappa shape index (κ1) is 16.6. The van der Waals surface area contributed by atoms with Gasteiger partial charge in [0.25, 0.3) is 0 Å². The van der Waals surface area contributed by atoms with Crippen LogP contribution in [0.5, 0.6) is 0 Å². The van der Waals surface area contributed by atoms with Crippen molar-refractivity contribution in [3.63, 3.8) is 0 Å². The Hall–Kier alpha value is -0.420. The van der Waals surface area contributed by atoms with Gasteiger partial charge in [0.1, 0.15) is 5.54 Å². The van der Waals surface area contributed by atoms with E-state index in [0.717, 1.165) is 4.90 Å². The fraction of sp³-hybridized carbons (Fsp3) is 0.462. The van der Waals surface area contributed by atoms with Gasteiger partial charge in [-0.05, 0) is 38.1 Å². The second kappa shape index (κ2) is 7.39. The minimum atomic E-state index is -0.910. The van der Waals surface area contributed by atoms with Crippen molar-refractivity contribution in [2.24, 2.45) is 0 Å². The zero-order valence-corrected chi connectivity index (χ0v) is 13.2. The second-order valence-corrected chi connectivity index (χ2v) is 6.32. The highest BCUT2D eigenvalue weighted by atomic mass is 35.5. The molecular formula is C13H17Cl2NO2S. The Kier molecular flexibility index (Phi) is 6.47. The first-order valence-electron chi connectivity index (χ1n) is 5.95. The summed E-state index contributed by atoms with van der Waals surface area (Å²) in [4.78, 5) is 12.1. The van der Waals surface area contributed by atoms with E-state index in [4.69, 9.17) is 23.2 Å². The number of nitrogens with one attached hydrogen (secondary N) is 1. The van der Waals surface area contributed by atoms with Gasteiger partial charge < -0.3 is 10.4 Å². The molecule has 1 atom stereocenters. The van der Waals surface area contributed by atoms with Crippen molar-refractivity contribution in [2.45, 2.75) is 30.7 Å². The fourth-order valence-corrected chi connectivity index (χ4v) is 3.28. The predicted molar refractivity (Wildman–Crippen MR) is 81.5 cm³/mol. The summed E-state index contributed by atoms with van der Waals surface area (Å²) >= 11 is 13.5. The van der Waals surface area contributed by atoms with Gasteiger partial charge in [-0.3, -0.25) is 4.79 Å². The number of hydrogen-bond acceptors (Lipinski definition) is 3. The van der Waals surface area contributed by atoms with Gasteiger partial charge in [-0.2, -0.15) is 0 Å². The van der Waals surface area contributed by atoms with E-state index in [1.807, 2.05) is 6.92 Å².